The van der Waals surface area contributed by atoms with Crippen LogP contribution in [0.25, 0.3) is 0 Å². The van der Waals surface area contributed by atoms with Gasteiger partial charge in [-0.3, -0.25) is 0 Å². The van der Waals surface area contributed by atoms with Crippen molar-refractivity contribution in [3.05, 3.63) is 89.5 Å². The van der Waals surface area contributed by atoms with Gasteiger partial charge in [-0.15, -0.1) is 11.1 Å². The van der Waals surface area contributed by atoms with E-state index < -0.39 is 5.60 Å². The van der Waals surface area contributed by atoms with Crippen LogP contribution in [0.2, 0.25) is 0 Å². The van der Waals surface area contributed by atoms with Gasteiger partial charge in [0.15, 0.2) is 5.60 Å². The Morgan fingerprint density at radius 2 is 1.13 bits per heavy atom. The van der Waals surface area contributed by atoms with E-state index in [-0.39, 0.29) is 44.1 Å². The summed E-state index contributed by atoms with van der Waals surface area (Å²) >= 11 is 0. The molecule has 3 aromatic carbocycles. The summed E-state index contributed by atoms with van der Waals surface area (Å²) in [5, 5.41) is 0. The van der Waals surface area contributed by atoms with Gasteiger partial charge in [0, 0.05) is 49.6 Å². The number of hydrogen-bond donors (Lipinski definition) is 0. The molecule has 0 amide bonds. The maximum absolute atomic E-state index is 13.9. The quantitative estimate of drug-likeness (QED) is 0.197. The molecule has 197 valence electrons. The number of carbonyl (C=O) groups excluding carboxylic acids is 1. The van der Waals surface area contributed by atoms with E-state index >= 15 is 0 Å². The number of hydrogen-bond acceptors (Lipinski definition) is 3. The SMILES string of the molecule is Cc1[c-]c(C)c2c(c1C)C1(OC(=O)c3c(C)c(C)c(C)c(C)c31)c1c(C)c(C)c(C(C)(C)C)c(C)c1O2.[Y]. The van der Waals surface area contributed by atoms with Crippen molar-refractivity contribution in [3.63, 3.8) is 0 Å². The molecule has 3 aromatic rings. The zero-order valence-electron chi connectivity index (χ0n) is 25.3. The van der Waals surface area contributed by atoms with Gasteiger partial charge >= 0.3 is 5.97 Å². The standard InChI is InChI=1S/C34H39O3.Y/c1-15-14-16(2)30-28(17(15)3)34(27-21(7)19(5)18(4)20(6)25(27)32(35)37-34)29-23(9)22(8)26(33(11,12)13)24(10)31(29)36-30;/h1-13H3;/q-1;. The van der Waals surface area contributed by atoms with Crippen LogP contribution in [0, 0.1) is 75.3 Å². The van der Waals surface area contributed by atoms with Crippen LogP contribution in [-0.4, -0.2) is 5.97 Å². The van der Waals surface area contributed by atoms with Crippen molar-refractivity contribution in [1.82, 2.24) is 0 Å². The van der Waals surface area contributed by atoms with Crippen LogP contribution in [0.5, 0.6) is 11.5 Å². The van der Waals surface area contributed by atoms with Crippen molar-refractivity contribution < 1.29 is 47.0 Å². The molecule has 0 aliphatic carbocycles. The first-order valence-corrected chi connectivity index (χ1v) is 13.3. The Kier molecular flexibility index (Phi) is 6.90. The van der Waals surface area contributed by atoms with E-state index in [9.17, 15) is 4.79 Å². The van der Waals surface area contributed by atoms with Gasteiger partial charge < -0.3 is 9.47 Å². The van der Waals surface area contributed by atoms with Crippen molar-refractivity contribution in [1.29, 1.82) is 0 Å². The third-order valence-corrected chi connectivity index (χ3v) is 9.28. The average Bonchev–Trinajstić information content (AvgIpc) is 3.09. The van der Waals surface area contributed by atoms with Crippen LogP contribution in [0.1, 0.15) is 109 Å². The molecule has 0 saturated heterocycles. The van der Waals surface area contributed by atoms with Crippen molar-refractivity contribution in [3.8, 4) is 11.5 Å². The number of benzene rings is 3. The summed E-state index contributed by atoms with van der Waals surface area (Å²) in [5.41, 5.74) is 14.7. The van der Waals surface area contributed by atoms with E-state index in [1.807, 2.05) is 6.92 Å². The van der Waals surface area contributed by atoms with Gasteiger partial charge in [-0.1, -0.05) is 47.1 Å². The van der Waals surface area contributed by atoms with Gasteiger partial charge in [-0.25, -0.2) is 4.79 Å². The summed E-state index contributed by atoms with van der Waals surface area (Å²) < 4.78 is 13.6. The van der Waals surface area contributed by atoms with Crippen LogP contribution >= 0.6 is 0 Å². The summed E-state index contributed by atoms with van der Waals surface area (Å²) in [5.74, 6) is 1.32. The summed E-state index contributed by atoms with van der Waals surface area (Å²) in [7, 11) is 0. The fraction of sp³-hybridized carbons (Fsp3) is 0.441. The second kappa shape index (κ2) is 9.03. The monoisotopic (exact) mass is 584 g/mol. The minimum atomic E-state index is -1.08. The molecule has 2 aliphatic heterocycles. The first-order valence-electron chi connectivity index (χ1n) is 13.3. The summed E-state index contributed by atoms with van der Waals surface area (Å²) in [6.45, 7) is 27.9. The predicted octanol–water partition coefficient (Wildman–Crippen LogP) is 8.43. The molecular formula is C34H39O3Y-. The Balaban J connectivity index is 0.00000336. The molecular weight excluding hydrogens is 545 g/mol. The molecule has 3 nitrogen and oxygen atoms in total. The Hall–Kier alpha value is -1.97. The molecule has 1 spiro atoms. The maximum atomic E-state index is 13.9. The van der Waals surface area contributed by atoms with Gasteiger partial charge in [-0.2, -0.15) is 11.6 Å². The molecule has 5 rings (SSSR count). The largest absolute Gasteiger partial charge is 0.515 e. The van der Waals surface area contributed by atoms with E-state index in [0.717, 1.165) is 72.7 Å². The first kappa shape index (κ1) is 29.0. The zero-order chi connectivity index (χ0) is 27.5. The topological polar surface area (TPSA) is 35.5 Å². The first-order chi connectivity index (χ1) is 17.1. The molecule has 1 atom stereocenters. The molecule has 0 saturated carbocycles. The van der Waals surface area contributed by atoms with E-state index in [2.05, 4.69) is 89.2 Å². The van der Waals surface area contributed by atoms with E-state index in [0.29, 0.717) is 5.56 Å². The summed E-state index contributed by atoms with van der Waals surface area (Å²) in [6, 6.07) is 3.51. The van der Waals surface area contributed by atoms with Crippen LogP contribution in [0.3, 0.4) is 0 Å². The normalized spacial score (nSPS) is 17.4. The van der Waals surface area contributed by atoms with Crippen LogP contribution in [0.15, 0.2) is 0 Å². The maximum Gasteiger partial charge on any atom is 0.340 e. The second-order valence-electron chi connectivity index (χ2n) is 12.3. The van der Waals surface area contributed by atoms with Crippen LogP contribution in [-0.2, 0) is 48.5 Å². The molecule has 0 bridgehead atoms. The van der Waals surface area contributed by atoms with Crippen molar-refractivity contribution in [2.75, 3.05) is 0 Å². The Labute approximate surface area is 253 Å². The molecule has 1 radical (unpaired) electrons. The number of ether oxygens (including phenoxy) is 2. The molecule has 38 heavy (non-hydrogen) atoms. The molecule has 0 fully saturated rings. The van der Waals surface area contributed by atoms with Gasteiger partial charge in [0.05, 0.1) is 5.56 Å². The predicted molar refractivity (Wildman–Crippen MR) is 150 cm³/mol. The third kappa shape index (κ3) is 3.50. The molecule has 0 N–H and O–H groups in total. The van der Waals surface area contributed by atoms with E-state index in [4.69, 9.17) is 9.47 Å². The van der Waals surface area contributed by atoms with Crippen LogP contribution < -0.4 is 4.74 Å². The van der Waals surface area contributed by atoms with Gasteiger partial charge in [0.1, 0.15) is 5.75 Å². The zero-order valence-corrected chi connectivity index (χ0v) is 28.1. The number of fused-ring (bicyclic) bond motifs is 6. The number of carbonyl (C=O) groups is 1. The fourth-order valence-corrected chi connectivity index (χ4v) is 7.16. The van der Waals surface area contributed by atoms with Gasteiger partial charge in [0.2, 0.25) is 0 Å². The number of aryl methyl sites for hydroxylation is 2. The minimum absolute atomic E-state index is 0. The summed E-state index contributed by atoms with van der Waals surface area (Å²) in [6.07, 6.45) is 0. The molecule has 4 heteroatoms. The van der Waals surface area contributed by atoms with Crippen molar-refractivity contribution >= 4 is 5.97 Å². The van der Waals surface area contributed by atoms with E-state index in [1.54, 1.807) is 0 Å². The van der Waals surface area contributed by atoms with Crippen molar-refractivity contribution in [2.24, 2.45) is 0 Å². The van der Waals surface area contributed by atoms with E-state index in [1.165, 1.54) is 16.7 Å². The Morgan fingerprint density at radius 1 is 0.605 bits per heavy atom. The molecule has 1 unspecified atom stereocenters. The van der Waals surface area contributed by atoms with Gasteiger partial charge in [0.25, 0.3) is 0 Å². The number of rotatable bonds is 0. The Morgan fingerprint density at radius 3 is 1.71 bits per heavy atom. The Bertz CT molecular complexity index is 1570. The third-order valence-electron chi connectivity index (χ3n) is 9.28. The average molecular weight is 585 g/mol. The summed E-state index contributed by atoms with van der Waals surface area (Å²) in [4.78, 5) is 13.9. The fourth-order valence-electron chi connectivity index (χ4n) is 7.16. The van der Waals surface area contributed by atoms with Crippen LogP contribution in [0.4, 0.5) is 0 Å². The minimum Gasteiger partial charge on any atom is -0.515 e. The number of esters is 1. The molecule has 0 aromatic heterocycles. The second-order valence-corrected chi connectivity index (χ2v) is 12.3. The molecule has 2 aliphatic rings. The smallest absolute Gasteiger partial charge is 0.340 e. The molecule has 2 heterocycles. The van der Waals surface area contributed by atoms with Gasteiger partial charge in [-0.05, 0) is 98.4 Å². The van der Waals surface area contributed by atoms with Crippen molar-refractivity contribution in [2.45, 2.75) is 101 Å².